The fraction of sp³-hybridized carbons (Fsp3) is 0.100. The number of nitrogens with zero attached hydrogens (tertiary/aromatic N) is 1. The number of nitrogens with one attached hydrogen (secondary N) is 1. The van der Waals surface area contributed by atoms with Crippen molar-refractivity contribution < 1.29 is 22.9 Å². The molecule has 18 heavy (non-hydrogen) atoms. The number of carbonyl (C=O) groups is 1. The molecule has 5 nitrogen and oxygen atoms in total. The topological polar surface area (TPSA) is 72.2 Å². The smallest absolute Gasteiger partial charge is 0.318 e. The molecule has 0 bridgehead atoms. The summed E-state index contributed by atoms with van der Waals surface area (Å²) in [6.45, 7) is 0. The van der Waals surface area contributed by atoms with E-state index in [-0.39, 0.29) is 11.3 Å². The summed E-state index contributed by atoms with van der Waals surface area (Å²) in [7, 11) is 0. The van der Waals surface area contributed by atoms with E-state index in [4.69, 9.17) is 0 Å². The number of benzene rings is 1. The second kappa shape index (κ2) is 5.30. The highest BCUT2D eigenvalue weighted by Gasteiger charge is 2.38. The second-order valence-corrected chi connectivity index (χ2v) is 3.14. The molecule has 1 aromatic rings. The van der Waals surface area contributed by atoms with Gasteiger partial charge in [-0.1, -0.05) is 18.2 Å². The predicted molar refractivity (Wildman–Crippen MR) is 57.2 cm³/mol. The van der Waals surface area contributed by atoms with Gasteiger partial charge < -0.3 is 5.32 Å². The maximum atomic E-state index is 12.0. The number of para-hydroxylation sites is 1. The van der Waals surface area contributed by atoms with Gasteiger partial charge in [0.25, 0.3) is 0 Å². The van der Waals surface area contributed by atoms with Crippen LogP contribution >= 0.6 is 0 Å². The summed E-state index contributed by atoms with van der Waals surface area (Å²) in [5, 5.41) is 11.8. The third-order valence-electron chi connectivity index (χ3n) is 1.84. The van der Waals surface area contributed by atoms with Crippen molar-refractivity contribution in [3.63, 3.8) is 0 Å². The van der Waals surface area contributed by atoms with Crippen LogP contribution in [0.15, 0.2) is 30.5 Å². The molecule has 0 saturated carbocycles. The molecule has 1 aromatic carbocycles. The van der Waals surface area contributed by atoms with Crippen LogP contribution in [-0.2, 0) is 4.79 Å². The molecule has 0 heterocycles. The van der Waals surface area contributed by atoms with Crippen LogP contribution in [0, 0.1) is 10.1 Å². The number of halogens is 3. The number of rotatable bonds is 3. The molecule has 0 unspecified atom stereocenters. The van der Waals surface area contributed by atoms with Crippen LogP contribution in [0.1, 0.15) is 5.56 Å². The van der Waals surface area contributed by atoms with Gasteiger partial charge in [-0.05, 0) is 6.07 Å². The molecule has 0 radical (unpaired) electrons. The van der Waals surface area contributed by atoms with Crippen molar-refractivity contribution in [1.29, 1.82) is 0 Å². The molecule has 1 N–H and O–H groups in total. The SMILES string of the molecule is O=C(Nc1ccccc1/C=C/[N+](=O)[O-])C(F)(F)F. The van der Waals surface area contributed by atoms with Crippen LogP contribution in [0.5, 0.6) is 0 Å². The summed E-state index contributed by atoms with van der Waals surface area (Å²) in [6.07, 6.45) is -3.45. The zero-order valence-electron chi connectivity index (χ0n) is 8.77. The van der Waals surface area contributed by atoms with Crippen molar-refractivity contribution in [2.24, 2.45) is 0 Å². The fourth-order valence-electron chi connectivity index (χ4n) is 1.09. The van der Waals surface area contributed by atoms with Crippen LogP contribution in [0.2, 0.25) is 0 Å². The molecule has 0 spiro atoms. The molecule has 0 aromatic heterocycles. The van der Waals surface area contributed by atoms with E-state index in [1.54, 1.807) is 5.32 Å². The van der Waals surface area contributed by atoms with Gasteiger partial charge in [-0.2, -0.15) is 13.2 Å². The molecule has 0 fully saturated rings. The summed E-state index contributed by atoms with van der Waals surface area (Å²) in [5.41, 5.74) is -0.0512. The Balaban J connectivity index is 2.96. The molecule has 1 rings (SSSR count). The third-order valence-corrected chi connectivity index (χ3v) is 1.84. The fourth-order valence-corrected chi connectivity index (χ4v) is 1.09. The zero-order chi connectivity index (χ0) is 13.8. The number of alkyl halides is 3. The van der Waals surface area contributed by atoms with Gasteiger partial charge in [0.05, 0.1) is 4.92 Å². The molecule has 0 atom stereocenters. The van der Waals surface area contributed by atoms with E-state index in [1.807, 2.05) is 0 Å². The Morgan fingerprint density at radius 2 is 1.94 bits per heavy atom. The molecular formula is C10H7F3N2O3. The average molecular weight is 260 g/mol. The van der Waals surface area contributed by atoms with Crippen molar-refractivity contribution in [3.05, 3.63) is 46.1 Å². The molecule has 8 heteroatoms. The summed E-state index contributed by atoms with van der Waals surface area (Å²) in [5.74, 6) is -2.13. The number of nitro groups is 1. The minimum Gasteiger partial charge on any atom is -0.318 e. The zero-order valence-corrected chi connectivity index (χ0v) is 8.77. The highest BCUT2D eigenvalue weighted by Crippen LogP contribution is 2.21. The first-order chi connectivity index (χ1) is 8.30. The molecular weight excluding hydrogens is 253 g/mol. The maximum absolute atomic E-state index is 12.0. The van der Waals surface area contributed by atoms with Crippen molar-refractivity contribution >= 4 is 17.7 Å². The van der Waals surface area contributed by atoms with Gasteiger partial charge in [0.1, 0.15) is 0 Å². The molecule has 0 aliphatic heterocycles. The number of carbonyl (C=O) groups excluding carboxylic acids is 1. The van der Waals surface area contributed by atoms with Gasteiger partial charge in [0, 0.05) is 17.3 Å². The Morgan fingerprint density at radius 3 is 2.50 bits per heavy atom. The standard InChI is InChI=1S/C10H7F3N2O3/c11-10(12,13)9(16)14-8-4-2-1-3-7(8)5-6-15(17)18/h1-6H,(H,14,16)/b6-5+. The van der Waals surface area contributed by atoms with Crippen LogP contribution in [0.3, 0.4) is 0 Å². The van der Waals surface area contributed by atoms with E-state index in [0.717, 1.165) is 6.08 Å². The van der Waals surface area contributed by atoms with Crippen molar-refractivity contribution in [2.75, 3.05) is 5.32 Å². The van der Waals surface area contributed by atoms with E-state index in [0.29, 0.717) is 6.20 Å². The molecule has 0 saturated heterocycles. The van der Waals surface area contributed by atoms with Crippen molar-refractivity contribution in [2.45, 2.75) is 6.18 Å². The van der Waals surface area contributed by atoms with Crippen molar-refractivity contribution in [1.82, 2.24) is 0 Å². The lowest BCUT2D eigenvalue weighted by molar-refractivity contribution is -0.400. The van der Waals surface area contributed by atoms with E-state index in [9.17, 15) is 28.1 Å². The van der Waals surface area contributed by atoms with Crippen LogP contribution in [0.25, 0.3) is 6.08 Å². The van der Waals surface area contributed by atoms with Gasteiger partial charge in [0.2, 0.25) is 6.20 Å². The monoisotopic (exact) mass is 260 g/mol. The first-order valence-corrected chi connectivity index (χ1v) is 4.59. The lowest BCUT2D eigenvalue weighted by Gasteiger charge is -2.09. The minimum absolute atomic E-state index is 0.104. The minimum atomic E-state index is -5.01. The Hall–Kier alpha value is -2.38. The Bertz CT molecular complexity index is 497. The van der Waals surface area contributed by atoms with Crippen molar-refractivity contribution in [3.8, 4) is 0 Å². The van der Waals surface area contributed by atoms with Gasteiger partial charge in [0.15, 0.2) is 0 Å². The van der Waals surface area contributed by atoms with Gasteiger partial charge in [-0.25, -0.2) is 0 Å². The Kier molecular flexibility index (Phi) is 4.03. The Morgan fingerprint density at radius 1 is 1.33 bits per heavy atom. The van der Waals surface area contributed by atoms with E-state index < -0.39 is 17.0 Å². The maximum Gasteiger partial charge on any atom is 0.471 e. The summed E-state index contributed by atoms with van der Waals surface area (Å²) < 4.78 is 36.1. The normalized spacial score (nSPS) is 11.5. The highest BCUT2D eigenvalue weighted by atomic mass is 19.4. The number of anilines is 1. The second-order valence-electron chi connectivity index (χ2n) is 3.14. The molecule has 96 valence electrons. The third kappa shape index (κ3) is 3.89. The highest BCUT2D eigenvalue weighted by molar-refractivity contribution is 5.96. The lowest BCUT2D eigenvalue weighted by atomic mass is 10.1. The van der Waals surface area contributed by atoms with Crippen LogP contribution < -0.4 is 5.32 Å². The number of amides is 1. The van der Waals surface area contributed by atoms with E-state index in [1.165, 1.54) is 24.3 Å². The van der Waals surface area contributed by atoms with Crippen LogP contribution in [0.4, 0.5) is 18.9 Å². The first kappa shape index (κ1) is 13.7. The number of hydrogen-bond acceptors (Lipinski definition) is 3. The first-order valence-electron chi connectivity index (χ1n) is 4.59. The number of hydrogen-bond donors (Lipinski definition) is 1. The largest absolute Gasteiger partial charge is 0.471 e. The van der Waals surface area contributed by atoms with Gasteiger partial charge >= 0.3 is 12.1 Å². The van der Waals surface area contributed by atoms with Gasteiger partial charge in [-0.3, -0.25) is 14.9 Å². The summed E-state index contributed by atoms with van der Waals surface area (Å²) in [6, 6.07) is 5.42. The summed E-state index contributed by atoms with van der Waals surface area (Å²) in [4.78, 5) is 20.1. The predicted octanol–water partition coefficient (Wildman–Crippen LogP) is 2.43. The summed E-state index contributed by atoms with van der Waals surface area (Å²) >= 11 is 0. The lowest BCUT2D eigenvalue weighted by Crippen LogP contribution is -2.30. The van der Waals surface area contributed by atoms with Gasteiger partial charge in [-0.15, -0.1) is 0 Å². The molecule has 0 aliphatic carbocycles. The molecule has 0 aliphatic rings. The van der Waals surface area contributed by atoms with Crippen LogP contribution in [-0.4, -0.2) is 17.0 Å². The molecule has 1 amide bonds. The Labute approximate surface area is 99.1 Å². The average Bonchev–Trinajstić information content (AvgIpc) is 2.26. The van der Waals surface area contributed by atoms with E-state index >= 15 is 0 Å². The van der Waals surface area contributed by atoms with E-state index in [2.05, 4.69) is 0 Å². The quantitative estimate of drug-likeness (QED) is 0.670.